The van der Waals surface area contributed by atoms with Gasteiger partial charge in [-0.05, 0) is 41.5 Å². The van der Waals surface area contributed by atoms with Crippen molar-refractivity contribution >= 4 is 15.9 Å². The first-order valence-electron chi connectivity index (χ1n) is 9.31. The van der Waals surface area contributed by atoms with Gasteiger partial charge in [0, 0.05) is 6.42 Å². The van der Waals surface area contributed by atoms with Gasteiger partial charge in [0.2, 0.25) is 9.84 Å². The number of ether oxygens (including phenoxy) is 2. The van der Waals surface area contributed by atoms with Crippen LogP contribution in [0, 0.1) is 11.3 Å². The maximum Gasteiger partial charge on any atom is 0.216 e. The topological polar surface area (TPSA) is 76.4 Å². The van der Waals surface area contributed by atoms with E-state index in [4.69, 9.17) is 9.47 Å². The zero-order valence-electron chi connectivity index (χ0n) is 16.5. The molecule has 0 aliphatic rings. The van der Waals surface area contributed by atoms with Crippen molar-refractivity contribution in [2.24, 2.45) is 0 Å². The molecule has 5 nitrogen and oxygen atoms in total. The Balaban J connectivity index is 1.80. The molecule has 0 amide bonds. The van der Waals surface area contributed by atoms with Crippen molar-refractivity contribution in [3.05, 3.63) is 94.9 Å². The summed E-state index contributed by atoms with van der Waals surface area (Å²) in [6.45, 7) is 0.474. The first-order valence-corrected chi connectivity index (χ1v) is 10.8. The molecule has 0 aliphatic heterocycles. The molecule has 0 aliphatic carbocycles. The zero-order valence-corrected chi connectivity index (χ0v) is 17.3. The highest BCUT2D eigenvalue weighted by molar-refractivity contribution is 7.95. The number of sulfone groups is 1. The van der Waals surface area contributed by atoms with Crippen LogP contribution in [0.15, 0.2) is 88.7 Å². The number of hydrogen-bond donors (Lipinski definition) is 0. The lowest BCUT2D eigenvalue weighted by atomic mass is 10.1. The van der Waals surface area contributed by atoms with Crippen LogP contribution in [-0.2, 0) is 16.3 Å². The quantitative estimate of drug-likeness (QED) is 0.497. The Morgan fingerprint density at radius 1 is 0.967 bits per heavy atom. The molecule has 0 fully saturated rings. The molecular weight excluding hydrogens is 398 g/mol. The van der Waals surface area contributed by atoms with Crippen LogP contribution in [-0.4, -0.2) is 22.1 Å². The molecule has 0 saturated carbocycles. The van der Waals surface area contributed by atoms with Crippen molar-refractivity contribution in [2.45, 2.75) is 11.3 Å². The lowest BCUT2D eigenvalue weighted by Crippen LogP contribution is -2.04. The summed E-state index contributed by atoms with van der Waals surface area (Å²) in [5, 5.41) is 9.44. The first kappa shape index (κ1) is 21.2. The second kappa shape index (κ2) is 9.77. The first-order chi connectivity index (χ1) is 14.5. The van der Waals surface area contributed by atoms with Gasteiger partial charge < -0.3 is 9.47 Å². The van der Waals surface area contributed by atoms with Crippen LogP contribution < -0.4 is 9.47 Å². The predicted octanol–water partition coefficient (Wildman–Crippen LogP) is 4.66. The molecule has 0 bridgehead atoms. The van der Waals surface area contributed by atoms with E-state index in [-0.39, 0.29) is 9.80 Å². The number of allylic oxidation sites excluding steroid dienone is 1. The Kier molecular flexibility index (Phi) is 6.89. The van der Waals surface area contributed by atoms with Gasteiger partial charge in [-0.15, -0.1) is 0 Å². The van der Waals surface area contributed by atoms with Gasteiger partial charge in [-0.2, -0.15) is 5.26 Å². The lowest BCUT2D eigenvalue weighted by Gasteiger charge is -2.11. The summed E-state index contributed by atoms with van der Waals surface area (Å²) < 4.78 is 36.7. The van der Waals surface area contributed by atoms with Crippen LogP contribution in [0.3, 0.4) is 0 Å². The molecule has 0 aromatic heterocycles. The molecule has 3 aromatic rings. The molecule has 6 heteroatoms. The molecule has 3 rings (SSSR count). The highest BCUT2D eigenvalue weighted by Crippen LogP contribution is 2.30. The van der Waals surface area contributed by atoms with Gasteiger partial charge in [0.05, 0.1) is 18.6 Å². The van der Waals surface area contributed by atoms with Crippen molar-refractivity contribution in [1.82, 2.24) is 0 Å². The van der Waals surface area contributed by atoms with E-state index in [1.165, 1.54) is 30.9 Å². The highest BCUT2D eigenvalue weighted by Gasteiger charge is 2.20. The third-order valence-corrected chi connectivity index (χ3v) is 6.11. The van der Waals surface area contributed by atoms with E-state index >= 15 is 0 Å². The fourth-order valence-electron chi connectivity index (χ4n) is 2.86. The van der Waals surface area contributed by atoms with Gasteiger partial charge in [-0.3, -0.25) is 0 Å². The van der Waals surface area contributed by atoms with E-state index in [0.29, 0.717) is 23.7 Å². The minimum absolute atomic E-state index is 0.0747. The molecule has 0 radical (unpaired) electrons. The summed E-state index contributed by atoms with van der Waals surface area (Å²) in [7, 11) is -2.38. The fourth-order valence-corrected chi connectivity index (χ4v) is 4.05. The van der Waals surface area contributed by atoms with Crippen molar-refractivity contribution in [1.29, 1.82) is 5.26 Å². The maximum absolute atomic E-state index is 12.7. The van der Waals surface area contributed by atoms with Crippen LogP contribution >= 0.6 is 0 Å². The van der Waals surface area contributed by atoms with Crippen LogP contribution in [0.5, 0.6) is 11.5 Å². The monoisotopic (exact) mass is 419 g/mol. The SMILES string of the molecule is COc1cc(/C=C(\C#N)S(=O)(=O)c2ccccc2)ccc1OCCc1ccccc1. The number of nitriles is 1. The average Bonchev–Trinajstić information content (AvgIpc) is 2.79. The van der Waals surface area contributed by atoms with Gasteiger partial charge in [0.15, 0.2) is 11.5 Å². The van der Waals surface area contributed by atoms with E-state index in [9.17, 15) is 13.7 Å². The standard InChI is InChI=1S/C24H21NO4S/c1-28-24-17-20(12-13-23(24)29-15-14-19-8-4-2-5-9-19)16-22(18-25)30(26,27)21-10-6-3-7-11-21/h2-13,16-17H,14-15H2,1H3/b22-16+. The maximum atomic E-state index is 12.7. The van der Waals surface area contributed by atoms with Gasteiger partial charge in [-0.25, -0.2) is 8.42 Å². The summed E-state index contributed by atoms with van der Waals surface area (Å²) >= 11 is 0. The Hall–Kier alpha value is -3.56. The molecule has 0 N–H and O–H groups in total. The fraction of sp³-hybridized carbons (Fsp3) is 0.125. The van der Waals surface area contributed by atoms with Gasteiger partial charge in [-0.1, -0.05) is 54.6 Å². The molecule has 0 saturated heterocycles. The third kappa shape index (κ3) is 5.07. The van der Waals surface area contributed by atoms with Gasteiger partial charge in [0.25, 0.3) is 0 Å². The highest BCUT2D eigenvalue weighted by atomic mass is 32.2. The number of hydrogen-bond acceptors (Lipinski definition) is 5. The summed E-state index contributed by atoms with van der Waals surface area (Å²) in [5.74, 6) is 1.02. The lowest BCUT2D eigenvalue weighted by molar-refractivity contribution is 0.297. The van der Waals surface area contributed by atoms with Crippen molar-refractivity contribution in [2.75, 3.05) is 13.7 Å². The van der Waals surface area contributed by atoms with E-state index in [2.05, 4.69) is 0 Å². The van der Waals surface area contributed by atoms with E-state index in [1.54, 1.807) is 42.5 Å². The van der Waals surface area contributed by atoms with Crippen molar-refractivity contribution < 1.29 is 17.9 Å². The van der Waals surface area contributed by atoms with Crippen molar-refractivity contribution in [3.8, 4) is 17.6 Å². The predicted molar refractivity (Wildman–Crippen MR) is 116 cm³/mol. The van der Waals surface area contributed by atoms with Crippen LogP contribution in [0.4, 0.5) is 0 Å². The smallest absolute Gasteiger partial charge is 0.216 e. The number of benzene rings is 3. The minimum atomic E-state index is -3.90. The normalized spacial score (nSPS) is 11.5. The molecule has 3 aromatic carbocycles. The molecule has 152 valence electrons. The largest absolute Gasteiger partial charge is 0.493 e. The van der Waals surface area contributed by atoms with Crippen LogP contribution in [0.1, 0.15) is 11.1 Å². The summed E-state index contributed by atoms with van der Waals surface area (Å²) in [6, 6.07) is 24.7. The van der Waals surface area contributed by atoms with Gasteiger partial charge >= 0.3 is 0 Å². The third-order valence-electron chi connectivity index (χ3n) is 4.43. The summed E-state index contributed by atoms with van der Waals surface area (Å²) in [5.41, 5.74) is 1.69. The Labute approximate surface area is 176 Å². The van der Waals surface area contributed by atoms with Gasteiger partial charge in [0.1, 0.15) is 11.0 Å². The Bertz CT molecular complexity index is 1160. The van der Waals surface area contributed by atoms with Crippen LogP contribution in [0.25, 0.3) is 6.08 Å². The number of rotatable bonds is 8. The molecule has 0 heterocycles. The second-order valence-electron chi connectivity index (χ2n) is 6.43. The molecule has 30 heavy (non-hydrogen) atoms. The number of nitrogens with zero attached hydrogens (tertiary/aromatic N) is 1. The second-order valence-corrected chi connectivity index (χ2v) is 8.35. The average molecular weight is 420 g/mol. The molecule has 0 atom stereocenters. The Morgan fingerprint density at radius 3 is 2.27 bits per heavy atom. The van der Waals surface area contributed by atoms with Crippen molar-refractivity contribution in [3.63, 3.8) is 0 Å². The summed E-state index contributed by atoms with van der Waals surface area (Å²) in [4.78, 5) is -0.265. The Morgan fingerprint density at radius 2 is 1.63 bits per heavy atom. The minimum Gasteiger partial charge on any atom is -0.493 e. The molecular formula is C24H21NO4S. The van der Waals surface area contributed by atoms with E-state index in [1.807, 2.05) is 30.3 Å². The van der Waals surface area contributed by atoms with E-state index in [0.717, 1.165) is 6.42 Å². The molecule has 0 unspecified atom stereocenters. The molecule has 0 spiro atoms. The summed E-state index contributed by atoms with van der Waals surface area (Å²) in [6.07, 6.45) is 2.08. The van der Waals surface area contributed by atoms with Crippen LogP contribution in [0.2, 0.25) is 0 Å². The zero-order chi connectivity index (χ0) is 21.4. The number of methoxy groups -OCH3 is 1. The van der Waals surface area contributed by atoms with E-state index < -0.39 is 9.84 Å².